The maximum absolute atomic E-state index is 13.8. The smallest absolute Gasteiger partial charge is 0.251 e. The Balaban J connectivity index is 1.38. The van der Waals surface area contributed by atoms with Crippen LogP contribution in [0.2, 0.25) is 0 Å². The van der Waals surface area contributed by atoms with E-state index >= 15 is 0 Å². The summed E-state index contributed by atoms with van der Waals surface area (Å²) in [6.07, 6.45) is 9.91. The molecule has 1 aliphatic heterocycles. The van der Waals surface area contributed by atoms with Crippen LogP contribution in [0, 0.1) is 0 Å². The number of carbonyl (C=O) groups is 1. The van der Waals surface area contributed by atoms with Crippen molar-refractivity contribution in [2.75, 3.05) is 19.6 Å². The minimum Gasteiger partial charge on any atom is -0.341 e. The zero-order chi connectivity index (χ0) is 28.4. The molecule has 1 aliphatic carbocycles. The highest BCUT2D eigenvalue weighted by Gasteiger charge is 2.36. The van der Waals surface area contributed by atoms with Crippen LogP contribution in [0.25, 0.3) is 21.8 Å². The van der Waals surface area contributed by atoms with Crippen molar-refractivity contribution in [3.05, 3.63) is 71.8 Å². The Morgan fingerprint density at radius 2 is 1.85 bits per heavy atom. The molecule has 1 amide bonds. The number of para-hydroxylation sites is 1. The molecule has 0 N–H and O–H groups in total. The van der Waals surface area contributed by atoms with E-state index in [1.54, 1.807) is 4.90 Å². The minimum absolute atomic E-state index is 0.0906. The number of amides is 1. The second kappa shape index (κ2) is 11.8. The van der Waals surface area contributed by atoms with Gasteiger partial charge in [-0.2, -0.15) is 0 Å². The highest BCUT2D eigenvalue weighted by Crippen LogP contribution is 2.36. The van der Waals surface area contributed by atoms with Crippen molar-refractivity contribution in [1.29, 1.82) is 0 Å². The number of aryl methyl sites for hydroxylation is 1. The lowest BCUT2D eigenvalue weighted by atomic mass is 9.90. The third-order valence-electron chi connectivity index (χ3n) is 8.90. The third-order valence-corrected chi connectivity index (χ3v) is 8.90. The Morgan fingerprint density at radius 3 is 2.68 bits per heavy atom. The molecular weight excluding hydrogens is 520 g/mol. The van der Waals surface area contributed by atoms with Crippen molar-refractivity contribution in [1.82, 2.24) is 24.3 Å². The number of piperidine rings is 1. The molecule has 0 saturated carbocycles. The van der Waals surface area contributed by atoms with E-state index in [1.807, 2.05) is 42.7 Å². The molecular formula is C33H39F2N5O. The van der Waals surface area contributed by atoms with Crippen LogP contribution in [0.4, 0.5) is 8.78 Å². The molecule has 8 heteroatoms. The predicted octanol–water partition coefficient (Wildman–Crippen LogP) is 6.91. The SMILES string of the molecule is CCCCCN(Cc1nccc2c3ccccc3n(CC(=O)N3CCC(F)(F)CC3)c12)[C@H]1CCCc2cccnc21. The molecule has 1 aromatic carbocycles. The Morgan fingerprint density at radius 1 is 1.02 bits per heavy atom. The fraction of sp³-hybridized carbons (Fsp3) is 0.485. The van der Waals surface area contributed by atoms with E-state index in [4.69, 9.17) is 9.97 Å². The number of rotatable bonds is 9. The molecule has 6 rings (SSSR count). The number of unbranched alkanes of at least 4 members (excludes halogenated alkanes) is 2. The van der Waals surface area contributed by atoms with Gasteiger partial charge >= 0.3 is 0 Å². The van der Waals surface area contributed by atoms with Gasteiger partial charge in [-0.1, -0.05) is 44.0 Å². The summed E-state index contributed by atoms with van der Waals surface area (Å²) in [5.41, 5.74) is 5.38. The van der Waals surface area contributed by atoms with Gasteiger partial charge in [0, 0.05) is 61.2 Å². The second-order valence-electron chi connectivity index (χ2n) is 11.6. The van der Waals surface area contributed by atoms with Gasteiger partial charge in [-0.05, 0) is 56.0 Å². The fourth-order valence-electron chi connectivity index (χ4n) is 6.71. The van der Waals surface area contributed by atoms with Gasteiger partial charge in [0.15, 0.2) is 0 Å². The molecule has 1 atom stereocenters. The topological polar surface area (TPSA) is 54.3 Å². The van der Waals surface area contributed by atoms with E-state index in [1.165, 1.54) is 17.7 Å². The molecule has 2 aliphatic rings. The maximum Gasteiger partial charge on any atom is 0.251 e. The molecule has 4 aromatic rings. The van der Waals surface area contributed by atoms with E-state index in [9.17, 15) is 13.6 Å². The molecule has 1 saturated heterocycles. The lowest BCUT2D eigenvalue weighted by Gasteiger charge is -2.35. The summed E-state index contributed by atoms with van der Waals surface area (Å²) >= 11 is 0. The van der Waals surface area contributed by atoms with Gasteiger partial charge in [0.1, 0.15) is 6.54 Å². The number of likely N-dealkylation sites (tertiary alicyclic amines) is 1. The Hall–Kier alpha value is -3.39. The van der Waals surface area contributed by atoms with Gasteiger partial charge in [-0.25, -0.2) is 8.78 Å². The summed E-state index contributed by atoms with van der Waals surface area (Å²) in [5, 5.41) is 2.14. The van der Waals surface area contributed by atoms with Crippen molar-refractivity contribution < 1.29 is 13.6 Å². The fourth-order valence-corrected chi connectivity index (χ4v) is 6.71. The highest BCUT2D eigenvalue weighted by molar-refractivity contribution is 6.09. The molecule has 0 bridgehead atoms. The first kappa shape index (κ1) is 27.8. The summed E-state index contributed by atoms with van der Waals surface area (Å²) in [5.74, 6) is -2.81. The number of benzene rings is 1. The van der Waals surface area contributed by atoms with Crippen LogP contribution in [0.3, 0.4) is 0 Å². The van der Waals surface area contributed by atoms with Crippen molar-refractivity contribution in [3.8, 4) is 0 Å². The monoisotopic (exact) mass is 559 g/mol. The van der Waals surface area contributed by atoms with Gasteiger partial charge in [0.05, 0.1) is 22.9 Å². The first-order valence-corrected chi connectivity index (χ1v) is 15.1. The lowest BCUT2D eigenvalue weighted by molar-refractivity contribution is -0.137. The average Bonchev–Trinajstić information content (AvgIpc) is 3.30. The van der Waals surface area contributed by atoms with E-state index in [-0.39, 0.29) is 44.4 Å². The summed E-state index contributed by atoms with van der Waals surface area (Å²) in [4.78, 5) is 27.4. The van der Waals surface area contributed by atoms with Gasteiger partial charge in [0.25, 0.3) is 5.92 Å². The standard InChI is InChI=1S/C33H39F2N5O/c1-2-3-6-19-39(29-13-7-9-24-10-8-17-37-31(24)29)22-27-32-26(14-18-36-27)25-11-4-5-12-28(25)40(32)23-30(41)38-20-15-33(34,35)16-21-38/h4-5,8,10-12,14,17-18,29H,2-3,6-7,9,13,15-16,19-23H2,1H3/t29-/m0/s1. The highest BCUT2D eigenvalue weighted by atomic mass is 19.3. The van der Waals surface area contributed by atoms with Crippen molar-refractivity contribution in [2.24, 2.45) is 0 Å². The molecule has 4 heterocycles. The van der Waals surface area contributed by atoms with Crippen LogP contribution in [-0.2, 0) is 24.3 Å². The van der Waals surface area contributed by atoms with Crippen LogP contribution in [0.15, 0.2) is 54.9 Å². The van der Waals surface area contributed by atoms with Gasteiger partial charge < -0.3 is 9.47 Å². The Kier molecular flexibility index (Phi) is 8.02. The molecule has 3 aromatic heterocycles. The molecule has 41 heavy (non-hydrogen) atoms. The molecule has 1 fully saturated rings. The van der Waals surface area contributed by atoms with Gasteiger partial charge in [-0.15, -0.1) is 0 Å². The number of alkyl halides is 2. The number of hydrogen-bond acceptors (Lipinski definition) is 4. The molecule has 0 spiro atoms. The largest absolute Gasteiger partial charge is 0.341 e. The first-order valence-electron chi connectivity index (χ1n) is 15.1. The first-order chi connectivity index (χ1) is 19.9. The average molecular weight is 560 g/mol. The zero-order valence-electron chi connectivity index (χ0n) is 23.9. The van der Waals surface area contributed by atoms with Crippen LogP contribution in [0.1, 0.15) is 74.9 Å². The number of carbonyl (C=O) groups excluding carboxylic acids is 1. The zero-order valence-corrected chi connectivity index (χ0v) is 23.9. The number of nitrogens with zero attached hydrogens (tertiary/aromatic N) is 5. The van der Waals surface area contributed by atoms with E-state index in [2.05, 4.69) is 28.5 Å². The van der Waals surface area contributed by atoms with Crippen LogP contribution in [-0.4, -0.2) is 55.8 Å². The van der Waals surface area contributed by atoms with Crippen LogP contribution < -0.4 is 0 Å². The molecule has 0 radical (unpaired) electrons. The molecule has 216 valence electrons. The summed E-state index contributed by atoms with van der Waals surface area (Å²) in [7, 11) is 0. The number of hydrogen-bond donors (Lipinski definition) is 0. The molecule has 0 unspecified atom stereocenters. The van der Waals surface area contributed by atoms with Gasteiger partial charge in [0.2, 0.25) is 5.91 Å². The van der Waals surface area contributed by atoms with Crippen molar-refractivity contribution in [3.63, 3.8) is 0 Å². The predicted molar refractivity (Wildman–Crippen MR) is 158 cm³/mol. The number of aromatic nitrogens is 3. The number of fused-ring (bicyclic) bond motifs is 4. The quantitative estimate of drug-likeness (QED) is 0.209. The summed E-state index contributed by atoms with van der Waals surface area (Å²) in [6.45, 7) is 4.12. The molecule has 6 nitrogen and oxygen atoms in total. The lowest BCUT2D eigenvalue weighted by Crippen LogP contribution is -2.44. The summed E-state index contributed by atoms with van der Waals surface area (Å²) in [6, 6.07) is 14.6. The number of halogens is 2. The normalized spacial score (nSPS) is 18.7. The Labute approximate surface area is 240 Å². The van der Waals surface area contributed by atoms with Crippen molar-refractivity contribution in [2.45, 2.75) is 83.3 Å². The maximum atomic E-state index is 13.8. The van der Waals surface area contributed by atoms with Crippen LogP contribution in [0.5, 0.6) is 0 Å². The third kappa shape index (κ3) is 5.71. The summed E-state index contributed by atoms with van der Waals surface area (Å²) < 4.78 is 29.7. The minimum atomic E-state index is -2.69. The van der Waals surface area contributed by atoms with Crippen LogP contribution >= 0.6 is 0 Å². The Bertz CT molecular complexity index is 1520. The van der Waals surface area contributed by atoms with E-state index in [0.29, 0.717) is 6.54 Å². The van der Waals surface area contributed by atoms with E-state index in [0.717, 1.165) is 66.1 Å². The van der Waals surface area contributed by atoms with Gasteiger partial charge in [-0.3, -0.25) is 19.7 Å². The van der Waals surface area contributed by atoms with E-state index < -0.39 is 5.92 Å². The second-order valence-corrected chi connectivity index (χ2v) is 11.6. The number of pyridine rings is 2. The van der Waals surface area contributed by atoms with Crippen molar-refractivity contribution >= 4 is 27.7 Å².